The monoisotopic (exact) mass is 326 g/mol. The third kappa shape index (κ3) is 5.53. The van der Waals surface area contributed by atoms with Crippen molar-refractivity contribution in [2.45, 2.75) is 46.1 Å². The van der Waals surface area contributed by atoms with E-state index in [4.69, 9.17) is 0 Å². The zero-order valence-corrected chi connectivity index (χ0v) is 14.1. The first kappa shape index (κ1) is 16.5. The molecule has 3 heteroatoms. The maximum Gasteiger partial charge on any atom is 0.0510 e. The summed E-state index contributed by atoms with van der Waals surface area (Å²) in [6, 6.07) is 6.71. The second-order valence-corrected chi connectivity index (χ2v) is 5.86. The van der Waals surface area contributed by atoms with E-state index in [9.17, 15) is 0 Å². The van der Waals surface area contributed by atoms with E-state index < -0.39 is 0 Å². The molecule has 0 aliphatic heterocycles. The van der Waals surface area contributed by atoms with E-state index in [1.54, 1.807) is 0 Å². The molecule has 1 aromatic carbocycles. The highest BCUT2D eigenvalue weighted by molar-refractivity contribution is 9.10. The fraction of sp³-hybridized carbons (Fsp3) is 0.625. The second kappa shape index (κ2) is 9.38. The van der Waals surface area contributed by atoms with E-state index in [1.807, 2.05) is 7.05 Å². The third-order valence-corrected chi connectivity index (χ3v) is 3.93. The molecule has 0 aliphatic carbocycles. The fourth-order valence-corrected chi connectivity index (χ4v) is 2.85. The van der Waals surface area contributed by atoms with Crippen molar-refractivity contribution in [1.82, 2.24) is 5.32 Å². The summed E-state index contributed by atoms with van der Waals surface area (Å²) >= 11 is 3.73. The Labute approximate surface area is 126 Å². The number of hydrogen-bond acceptors (Lipinski definition) is 2. The molecule has 0 heterocycles. The molecule has 1 N–H and O–H groups in total. The number of nitrogens with zero attached hydrogens (tertiary/aromatic N) is 1. The molecule has 19 heavy (non-hydrogen) atoms. The minimum absolute atomic E-state index is 0.919. The van der Waals surface area contributed by atoms with Gasteiger partial charge in [-0.15, -0.1) is 0 Å². The summed E-state index contributed by atoms with van der Waals surface area (Å²) in [4.78, 5) is 2.51. The van der Waals surface area contributed by atoms with Crippen molar-refractivity contribution in [3.63, 3.8) is 0 Å². The van der Waals surface area contributed by atoms with Gasteiger partial charge in [0, 0.05) is 24.1 Å². The summed E-state index contributed by atoms with van der Waals surface area (Å²) in [7, 11) is 1.98. The largest absolute Gasteiger partial charge is 0.371 e. The van der Waals surface area contributed by atoms with Crippen molar-refractivity contribution in [1.29, 1.82) is 0 Å². The van der Waals surface area contributed by atoms with Gasteiger partial charge in [-0.25, -0.2) is 0 Å². The van der Waals surface area contributed by atoms with E-state index in [-0.39, 0.29) is 0 Å². The summed E-state index contributed by atoms with van der Waals surface area (Å²) in [6.45, 7) is 7.73. The van der Waals surface area contributed by atoms with E-state index in [1.165, 1.54) is 41.4 Å². The molecule has 0 bridgehead atoms. The Bertz CT molecular complexity index is 358. The van der Waals surface area contributed by atoms with Gasteiger partial charge in [0.1, 0.15) is 0 Å². The van der Waals surface area contributed by atoms with Gasteiger partial charge >= 0.3 is 0 Å². The molecule has 1 aromatic rings. The van der Waals surface area contributed by atoms with E-state index >= 15 is 0 Å². The van der Waals surface area contributed by atoms with Gasteiger partial charge in [0.15, 0.2) is 0 Å². The number of rotatable bonds is 9. The molecule has 0 spiro atoms. The van der Waals surface area contributed by atoms with Crippen LogP contribution in [-0.2, 0) is 6.54 Å². The van der Waals surface area contributed by atoms with Crippen LogP contribution < -0.4 is 10.2 Å². The molecule has 0 unspecified atom stereocenters. The molecule has 0 aromatic heterocycles. The topological polar surface area (TPSA) is 15.3 Å². The molecule has 0 aliphatic rings. The highest BCUT2D eigenvalue weighted by Gasteiger charge is 2.09. The van der Waals surface area contributed by atoms with Crippen LogP contribution in [0.1, 0.15) is 45.1 Å². The van der Waals surface area contributed by atoms with Gasteiger partial charge in [-0.1, -0.05) is 32.8 Å². The Hall–Kier alpha value is -0.540. The van der Waals surface area contributed by atoms with Gasteiger partial charge in [-0.3, -0.25) is 0 Å². The van der Waals surface area contributed by atoms with Crippen LogP contribution in [0.25, 0.3) is 0 Å². The Morgan fingerprint density at radius 3 is 2.21 bits per heavy atom. The predicted molar refractivity (Wildman–Crippen MR) is 88.9 cm³/mol. The summed E-state index contributed by atoms with van der Waals surface area (Å²) < 4.78 is 1.22. The smallest absolute Gasteiger partial charge is 0.0510 e. The lowest BCUT2D eigenvalue weighted by Crippen LogP contribution is -2.26. The number of nitrogens with one attached hydrogen (secondary N) is 1. The average Bonchev–Trinajstić information content (AvgIpc) is 2.40. The second-order valence-electron chi connectivity index (χ2n) is 5.01. The molecule has 2 nitrogen and oxygen atoms in total. The van der Waals surface area contributed by atoms with Gasteiger partial charge in [0.05, 0.1) is 5.69 Å². The highest BCUT2D eigenvalue weighted by Crippen LogP contribution is 2.28. The molecule has 0 radical (unpaired) electrons. The maximum absolute atomic E-state index is 3.73. The predicted octanol–water partition coefficient (Wildman–Crippen LogP) is 4.58. The summed E-state index contributed by atoms with van der Waals surface area (Å²) in [5.41, 5.74) is 2.66. The molecule has 108 valence electrons. The van der Waals surface area contributed by atoms with Crippen LogP contribution in [0.15, 0.2) is 22.7 Å². The lowest BCUT2D eigenvalue weighted by atomic mass is 10.1. The van der Waals surface area contributed by atoms with Gasteiger partial charge in [-0.05, 0) is 53.5 Å². The number of benzene rings is 1. The van der Waals surface area contributed by atoms with Gasteiger partial charge in [0.25, 0.3) is 0 Å². The first-order chi connectivity index (χ1) is 9.22. The zero-order chi connectivity index (χ0) is 14.1. The van der Waals surface area contributed by atoms with Crippen LogP contribution in [0.3, 0.4) is 0 Å². The molecular weight excluding hydrogens is 300 g/mol. The van der Waals surface area contributed by atoms with Crippen LogP contribution in [0.5, 0.6) is 0 Å². The van der Waals surface area contributed by atoms with Crippen molar-refractivity contribution < 1.29 is 0 Å². The number of unbranched alkanes of at least 4 members (excludes halogenated alkanes) is 2. The van der Waals surface area contributed by atoms with Crippen molar-refractivity contribution in [2.75, 3.05) is 25.0 Å². The van der Waals surface area contributed by atoms with E-state index in [0.29, 0.717) is 0 Å². The molecule has 1 rings (SSSR count). The Kier molecular flexibility index (Phi) is 8.15. The third-order valence-electron chi connectivity index (χ3n) is 3.30. The number of hydrogen-bond donors (Lipinski definition) is 1. The van der Waals surface area contributed by atoms with E-state index in [0.717, 1.165) is 19.6 Å². The van der Waals surface area contributed by atoms with Gasteiger partial charge in [-0.2, -0.15) is 0 Å². The number of halogens is 1. The van der Waals surface area contributed by atoms with Gasteiger partial charge in [0.2, 0.25) is 0 Å². The molecule has 0 saturated heterocycles. The normalized spacial score (nSPS) is 10.7. The van der Waals surface area contributed by atoms with Crippen LogP contribution in [0.4, 0.5) is 5.69 Å². The minimum atomic E-state index is 0.919. The summed E-state index contributed by atoms with van der Waals surface area (Å²) in [5.74, 6) is 0. The van der Waals surface area contributed by atoms with Crippen LogP contribution in [-0.4, -0.2) is 20.1 Å². The average molecular weight is 327 g/mol. The lowest BCUT2D eigenvalue weighted by molar-refractivity contribution is 0.677. The van der Waals surface area contributed by atoms with Crippen molar-refractivity contribution in [3.05, 3.63) is 28.2 Å². The SMILES string of the molecule is CCCCN(CCCC)c1ccc(CNC)cc1Br. The quantitative estimate of drug-likeness (QED) is 0.714. The lowest BCUT2D eigenvalue weighted by Gasteiger charge is -2.26. The molecule has 0 saturated carbocycles. The van der Waals surface area contributed by atoms with Crippen LogP contribution in [0.2, 0.25) is 0 Å². The zero-order valence-electron chi connectivity index (χ0n) is 12.5. The Balaban J connectivity index is 2.81. The maximum atomic E-state index is 3.73. The Morgan fingerprint density at radius 1 is 1.11 bits per heavy atom. The highest BCUT2D eigenvalue weighted by atomic mass is 79.9. The van der Waals surface area contributed by atoms with Crippen LogP contribution in [0, 0.1) is 0 Å². The summed E-state index contributed by atoms with van der Waals surface area (Å²) in [6.07, 6.45) is 5.01. The minimum Gasteiger partial charge on any atom is -0.371 e. The van der Waals surface area contributed by atoms with Crippen LogP contribution >= 0.6 is 15.9 Å². The van der Waals surface area contributed by atoms with Crippen molar-refractivity contribution in [2.24, 2.45) is 0 Å². The fourth-order valence-electron chi connectivity index (χ4n) is 2.17. The first-order valence-corrected chi connectivity index (χ1v) is 8.20. The standard InChI is InChI=1S/C16H27BrN2/c1-4-6-10-19(11-7-5-2)16-9-8-14(13-18-3)12-15(16)17/h8-9,12,18H,4-7,10-11,13H2,1-3H3. The molecule has 0 fully saturated rings. The molecule has 0 atom stereocenters. The molecule has 0 amide bonds. The first-order valence-electron chi connectivity index (χ1n) is 7.40. The van der Waals surface area contributed by atoms with E-state index in [2.05, 4.69) is 58.2 Å². The number of anilines is 1. The Morgan fingerprint density at radius 2 is 1.74 bits per heavy atom. The van der Waals surface area contributed by atoms with Crippen molar-refractivity contribution >= 4 is 21.6 Å². The molecular formula is C16H27BrN2. The summed E-state index contributed by atoms with van der Waals surface area (Å²) in [5, 5.41) is 3.19. The van der Waals surface area contributed by atoms with Gasteiger partial charge < -0.3 is 10.2 Å². The van der Waals surface area contributed by atoms with Crippen molar-refractivity contribution in [3.8, 4) is 0 Å².